The van der Waals surface area contributed by atoms with Crippen LogP contribution < -0.4 is 4.90 Å². The first kappa shape index (κ1) is 13.4. The second-order valence-electron chi connectivity index (χ2n) is 4.17. The molecule has 2 nitrogen and oxygen atoms in total. The third-order valence-corrected chi connectivity index (χ3v) is 3.73. The Balaban J connectivity index is 2.20. The van der Waals surface area contributed by atoms with Gasteiger partial charge in [-0.25, -0.2) is 4.98 Å². The molecule has 1 atom stereocenters. The summed E-state index contributed by atoms with van der Waals surface area (Å²) in [7, 11) is 2.04. The van der Waals surface area contributed by atoms with Gasteiger partial charge in [-0.2, -0.15) is 0 Å². The number of rotatable bonds is 3. The van der Waals surface area contributed by atoms with Gasteiger partial charge in [-0.1, -0.05) is 23.7 Å². The quantitative estimate of drug-likeness (QED) is 0.813. The Hall–Kier alpha value is -1.06. The number of halogens is 2. The molecule has 0 radical (unpaired) electrons. The van der Waals surface area contributed by atoms with Crippen LogP contribution in [-0.4, -0.2) is 12.0 Å². The van der Waals surface area contributed by atoms with Crippen molar-refractivity contribution in [1.29, 1.82) is 0 Å². The van der Waals surface area contributed by atoms with Gasteiger partial charge in [0.15, 0.2) is 0 Å². The molecule has 94 valence electrons. The van der Waals surface area contributed by atoms with Crippen LogP contribution in [0.25, 0.3) is 0 Å². The van der Waals surface area contributed by atoms with Crippen LogP contribution in [0.5, 0.6) is 0 Å². The average Bonchev–Trinajstić information content (AvgIpc) is 2.39. The zero-order valence-corrected chi connectivity index (χ0v) is 12.6. The lowest BCUT2D eigenvalue weighted by Gasteiger charge is -2.26. The lowest BCUT2D eigenvalue weighted by molar-refractivity contribution is 0.728. The smallest absolute Gasteiger partial charge is 0.128 e. The van der Waals surface area contributed by atoms with E-state index in [1.54, 1.807) is 6.20 Å². The highest BCUT2D eigenvalue weighted by atomic mass is 79.9. The molecule has 0 aliphatic heterocycles. The fourth-order valence-electron chi connectivity index (χ4n) is 1.74. The van der Waals surface area contributed by atoms with E-state index in [-0.39, 0.29) is 6.04 Å². The second kappa shape index (κ2) is 5.72. The lowest BCUT2D eigenvalue weighted by atomic mass is 10.1. The molecule has 1 unspecified atom stereocenters. The Bertz CT molecular complexity index is 461. The largest absolute Gasteiger partial charge is 0.353 e. The summed E-state index contributed by atoms with van der Waals surface area (Å²) in [6, 6.07) is 12.2. The second-order valence-corrected chi connectivity index (χ2v) is 5.53. The van der Waals surface area contributed by atoms with Crippen LogP contribution in [-0.2, 0) is 0 Å². The van der Waals surface area contributed by atoms with E-state index in [1.807, 2.05) is 43.4 Å². The van der Waals surface area contributed by atoms with E-state index in [0.717, 1.165) is 15.3 Å². The zero-order chi connectivity index (χ0) is 13.1. The third kappa shape index (κ3) is 3.03. The van der Waals surface area contributed by atoms with E-state index < -0.39 is 0 Å². The average molecular weight is 326 g/mol. The number of hydrogen-bond acceptors (Lipinski definition) is 2. The van der Waals surface area contributed by atoms with Gasteiger partial charge in [0.05, 0.1) is 6.04 Å². The molecule has 0 amide bonds. The molecule has 0 N–H and O–H groups in total. The molecular formula is C14H14BrClN2. The first-order valence-corrected chi connectivity index (χ1v) is 6.85. The minimum Gasteiger partial charge on any atom is -0.353 e. The Labute approximate surface area is 121 Å². The SMILES string of the molecule is CC(c1ccc(Cl)cc1)N(C)c1ccc(Br)cn1. The summed E-state index contributed by atoms with van der Waals surface area (Å²) in [4.78, 5) is 6.53. The molecule has 0 aliphatic rings. The van der Waals surface area contributed by atoms with Crippen molar-refractivity contribution >= 4 is 33.3 Å². The standard InChI is InChI=1S/C14H14BrClN2/c1-10(11-3-6-13(16)7-4-11)18(2)14-8-5-12(15)9-17-14/h3-10H,1-2H3. The summed E-state index contributed by atoms with van der Waals surface area (Å²) in [6.07, 6.45) is 1.81. The van der Waals surface area contributed by atoms with Gasteiger partial charge in [-0.3, -0.25) is 0 Å². The van der Waals surface area contributed by atoms with Crippen LogP contribution in [0.1, 0.15) is 18.5 Å². The van der Waals surface area contributed by atoms with E-state index in [4.69, 9.17) is 11.6 Å². The van der Waals surface area contributed by atoms with Gasteiger partial charge in [0.25, 0.3) is 0 Å². The lowest BCUT2D eigenvalue weighted by Crippen LogP contribution is -2.22. The van der Waals surface area contributed by atoms with E-state index in [0.29, 0.717) is 0 Å². The minimum absolute atomic E-state index is 0.246. The summed E-state index contributed by atoms with van der Waals surface area (Å²) in [5.74, 6) is 0.945. The number of hydrogen-bond donors (Lipinski definition) is 0. The summed E-state index contributed by atoms with van der Waals surface area (Å²) >= 11 is 9.29. The maximum Gasteiger partial charge on any atom is 0.128 e. The molecule has 0 saturated carbocycles. The van der Waals surface area contributed by atoms with Gasteiger partial charge < -0.3 is 4.90 Å². The van der Waals surface area contributed by atoms with Gasteiger partial charge in [0.1, 0.15) is 5.82 Å². The van der Waals surface area contributed by atoms with E-state index in [2.05, 4.69) is 32.7 Å². The van der Waals surface area contributed by atoms with Crippen molar-refractivity contribution in [2.24, 2.45) is 0 Å². The molecule has 2 rings (SSSR count). The summed E-state index contributed by atoms with van der Waals surface area (Å²) in [6.45, 7) is 2.15. The van der Waals surface area contributed by atoms with E-state index in [1.165, 1.54) is 5.56 Å². The number of benzene rings is 1. The Morgan fingerprint density at radius 1 is 1.17 bits per heavy atom. The molecular weight excluding hydrogens is 312 g/mol. The fraction of sp³-hybridized carbons (Fsp3) is 0.214. The van der Waals surface area contributed by atoms with Crippen LogP contribution in [0.3, 0.4) is 0 Å². The topological polar surface area (TPSA) is 16.1 Å². The molecule has 18 heavy (non-hydrogen) atoms. The van der Waals surface area contributed by atoms with Crippen molar-refractivity contribution in [1.82, 2.24) is 4.98 Å². The number of anilines is 1. The maximum atomic E-state index is 5.90. The first-order chi connectivity index (χ1) is 8.58. The zero-order valence-electron chi connectivity index (χ0n) is 10.3. The Morgan fingerprint density at radius 2 is 1.83 bits per heavy atom. The number of pyridine rings is 1. The highest BCUT2D eigenvalue weighted by Crippen LogP contribution is 2.25. The van der Waals surface area contributed by atoms with Crippen LogP contribution in [0.4, 0.5) is 5.82 Å². The highest BCUT2D eigenvalue weighted by Gasteiger charge is 2.13. The summed E-state index contributed by atoms with van der Waals surface area (Å²) < 4.78 is 0.985. The molecule has 2 aromatic rings. The molecule has 1 aromatic heterocycles. The minimum atomic E-state index is 0.246. The normalized spacial score (nSPS) is 12.2. The van der Waals surface area contributed by atoms with Gasteiger partial charge in [-0.15, -0.1) is 0 Å². The molecule has 0 bridgehead atoms. The highest BCUT2D eigenvalue weighted by molar-refractivity contribution is 9.10. The molecule has 1 aromatic carbocycles. The van der Waals surface area contributed by atoms with Crippen molar-refractivity contribution in [3.05, 3.63) is 57.7 Å². The van der Waals surface area contributed by atoms with Crippen LogP contribution in [0.15, 0.2) is 47.1 Å². The summed E-state index contributed by atoms with van der Waals surface area (Å²) in [5.41, 5.74) is 1.21. The summed E-state index contributed by atoms with van der Waals surface area (Å²) in [5, 5.41) is 0.760. The van der Waals surface area contributed by atoms with Gasteiger partial charge >= 0.3 is 0 Å². The third-order valence-electron chi connectivity index (χ3n) is 3.01. The Morgan fingerprint density at radius 3 is 2.39 bits per heavy atom. The van der Waals surface area contributed by atoms with Crippen molar-refractivity contribution in [2.45, 2.75) is 13.0 Å². The first-order valence-electron chi connectivity index (χ1n) is 5.68. The predicted octanol–water partition coefficient (Wildman–Crippen LogP) is 4.69. The van der Waals surface area contributed by atoms with Crippen LogP contribution in [0, 0.1) is 0 Å². The van der Waals surface area contributed by atoms with E-state index in [9.17, 15) is 0 Å². The molecule has 0 aliphatic carbocycles. The molecule has 0 saturated heterocycles. The van der Waals surface area contributed by atoms with E-state index >= 15 is 0 Å². The van der Waals surface area contributed by atoms with Crippen molar-refractivity contribution in [3.63, 3.8) is 0 Å². The Kier molecular flexibility index (Phi) is 4.25. The maximum absolute atomic E-state index is 5.90. The van der Waals surface area contributed by atoms with Gasteiger partial charge in [0.2, 0.25) is 0 Å². The van der Waals surface area contributed by atoms with Crippen molar-refractivity contribution in [2.75, 3.05) is 11.9 Å². The number of nitrogens with zero attached hydrogens (tertiary/aromatic N) is 2. The monoisotopic (exact) mass is 324 g/mol. The van der Waals surface area contributed by atoms with Crippen LogP contribution >= 0.6 is 27.5 Å². The molecule has 1 heterocycles. The predicted molar refractivity (Wildman–Crippen MR) is 80.2 cm³/mol. The molecule has 4 heteroatoms. The molecule has 0 fully saturated rings. The number of aromatic nitrogens is 1. The van der Waals surface area contributed by atoms with Gasteiger partial charge in [0, 0.05) is 22.7 Å². The van der Waals surface area contributed by atoms with Crippen molar-refractivity contribution in [3.8, 4) is 0 Å². The fourth-order valence-corrected chi connectivity index (χ4v) is 2.10. The van der Waals surface area contributed by atoms with Crippen molar-refractivity contribution < 1.29 is 0 Å². The van der Waals surface area contributed by atoms with Crippen LogP contribution in [0.2, 0.25) is 5.02 Å². The molecule has 0 spiro atoms. The van der Waals surface area contributed by atoms with Gasteiger partial charge in [-0.05, 0) is 52.7 Å².